The Morgan fingerprint density at radius 3 is 2.26 bits per heavy atom. The monoisotopic (exact) mass is 480 g/mol. The second kappa shape index (κ2) is 11.5. The van der Waals surface area contributed by atoms with E-state index in [2.05, 4.69) is 10.6 Å². The molecule has 1 amide bonds. The minimum atomic E-state index is -0.339. The van der Waals surface area contributed by atoms with Gasteiger partial charge in [0.25, 0.3) is 5.91 Å². The van der Waals surface area contributed by atoms with E-state index in [1.807, 2.05) is 77.4 Å². The van der Waals surface area contributed by atoms with Crippen molar-refractivity contribution < 1.29 is 14.3 Å². The maximum Gasteiger partial charge on any atom is 0.257 e. The maximum atomic E-state index is 14.2. The van der Waals surface area contributed by atoms with Crippen LogP contribution in [0.5, 0.6) is 0 Å². The predicted molar refractivity (Wildman–Crippen MR) is 136 cm³/mol. The molecule has 0 saturated heterocycles. The number of amides is 1. The topological polar surface area (TPSA) is 66.1 Å². The number of carbonyl (C=O) groups is 1. The molecule has 0 fully saturated rings. The van der Waals surface area contributed by atoms with Crippen molar-refractivity contribution in [3.05, 3.63) is 83.2 Å². The first-order valence-corrected chi connectivity index (χ1v) is 12.1. The van der Waals surface area contributed by atoms with Gasteiger partial charge < -0.3 is 29.9 Å². The fraction of sp³-hybridized carbons (Fsp3) is 0.385. The van der Waals surface area contributed by atoms with Gasteiger partial charge in [-0.05, 0) is 36.7 Å². The van der Waals surface area contributed by atoms with Crippen molar-refractivity contribution in [2.24, 2.45) is 0 Å². The molecule has 0 aliphatic carbocycles. The third kappa shape index (κ3) is 5.09. The number of hydrogen-bond donors (Lipinski definition) is 2. The lowest BCUT2D eigenvalue weighted by atomic mass is 9.93. The zero-order valence-corrected chi connectivity index (χ0v) is 20.5. The molecule has 2 aromatic carbocycles. The minimum Gasteiger partial charge on any atom is -0.383 e. The highest BCUT2D eigenvalue weighted by Gasteiger charge is 2.43. The van der Waals surface area contributed by atoms with E-state index in [9.17, 15) is 4.79 Å². The Bertz CT molecular complexity index is 1020. The second-order valence-electron chi connectivity index (χ2n) is 8.21. The first kappa shape index (κ1) is 24.2. The smallest absolute Gasteiger partial charge is 0.257 e. The standard InChI is InChI=1S/C26H32N4O3S/c1-3-33-17-10-15-29-23(20-13-8-5-9-14-20)28-24-21(25(29)31)22(19-11-6-4-7-12-19)27-26(34)30(24)16-18-32-2/h4-9,11-14,22-23,28H,3,10,15-18H2,1-2H3,(H,27,34). The highest BCUT2D eigenvalue weighted by atomic mass is 32.1. The molecule has 2 atom stereocenters. The first-order valence-electron chi connectivity index (χ1n) is 11.7. The lowest BCUT2D eigenvalue weighted by Gasteiger charge is -2.47. The van der Waals surface area contributed by atoms with E-state index in [4.69, 9.17) is 21.7 Å². The molecule has 0 radical (unpaired) electrons. The minimum absolute atomic E-state index is 0.00892. The molecule has 2 aromatic rings. The van der Waals surface area contributed by atoms with Gasteiger partial charge in [0.05, 0.1) is 24.8 Å². The lowest BCUT2D eigenvalue weighted by molar-refractivity contribution is -0.132. The van der Waals surface area contributed by atoms with Gasteiger partial charge in [0.1, 0.15) is 12.0 Å². The maximum absolute atomic E-state index is 14.2. The number of thiocarbonyl (C=S) groups is 1. The van der Waals surface area contributed by atoms with Gasteiger partial charge in [-0.15, -0.1) is 0 Å². The van der Waals surface area contributed by atoms with Gasteiger partial charge in [-0.3, -0.25) is 4.79 Å². The van der Waals surface area contributed by atoms with Crippen molar-refractivity contribution in [2.75, 3.05) is 40.0 Å². The largest absolute Gasteiger partial charge is 0.383 e. The molecule has 0 bridgehead atoms. The average molecular weight is 481 g/mol. The van der Waals surface area contributed by atoms with Gasteiger partial charge in [0, 0.05) is 26.9 Å². The van der Waals surface area contributed by atoms with E-state index in [1.54, 1.807) is 7.11 Å². The van der Waals surface area contributed by atoms with Crippen molar-refractivity contribution in [2.45, 2.75) is 25.6 Å². The Hall–Kier alpha value is -2.94. The number of benzene rings is 2. The van der Waals surface area contributed by atoms with Crippen molar-refractivity contribution in [1.82, 2.24) is 20.4 Å². The van der Waals surface area contributed by atoms with Crippen molar-refractivity contribution in [3.8, 4) is 0 Å². The summed E-state index contributed by atoms with van der Waals surface area (Å²) in [4.78, 5) is 18.0. The highest BCUT2D eigenvalue weighted by Crippen LogP contribution is 2.37. The van der Waals surface area contributed by atoms with Crippen molar-refractivity contribution >= 4 is 23.2 Å². The third-order valence-corrected chi connectivity index (χ3v) is 6.40. The van der Waals surface area contributed by atoms with Gasteiger partial charge >= 0.3 is 0 Å². The molecule has 0 spiro atoms. The van der Waals surface area contributed by atoms with Crippen LogP contribution in [-0.2, 0) is 14.3 Å². The average Bonchev–Trinajstić information content (AvgIpc) is 2.87. The van der Waals surface area contributed by atoms with Crippen LogP contribution in [0.4, 0.5) is 0 Å². The molecule has 180 valence electrons. The molecule has 7 nitrogen and oxygen atoms in total. The van der Waals surface area contributed by atoms with E-state index >= 15 is 0 Å². The molecule has 2 N–H and O–H groups in total. The quantitative estimate of drug-likeness (QED) is 0.399. The predicted octanol–water partition coefficient (Wildman–Crippen LogP) is 3.33. The summed E-state index contributed by atoms with van der Waals surface area (Å²) in [7, 11) is 1.66. The SMILES string of the molecule is CCOCCCN1C(=O)C2=C(NC1c1ccccc1)N(CCOC)C(=S)NC2c1ccccc1. The Morgan fingerprint density at radius 2 is 1.62 bits per heavy atom. The summed E-state index contributed by atoms with van der Waals surface area (Å²) in [6.07, 6.45) is 0.444. The van der Waals surface area contributed by atoms with Crippen LogP contribution in [0.3, 0.4) is 0 Å². The molecule has 2 unspecified atom stereocenters. The van der Waals surface area contributed by atoms with Gasteiger partial charge in [0.15, 0.2) is 5.11 Å². The zero-order valence-electron chi connectivity index (χ0n) is 19.7. The number of nitrogens with zero attached hydrogens (tertiary/aromatic N) is 2. The number of hydrogen-bond acceptors (Lipinski definition) is 5. The summed E-state index contributed by atoms with van der Waals surface area (Å²) in [6, 6.07) is 19.7. The van der Waals surface area contributed by atoms with Crippen LogP contribution < -0.4 is 10.6 Å². The number of methoxy groups -OCH3 is 1. The molecule has 4 rings (SSSR count). The summed E-state index contributed by atoms with van der Waals surface area (Å²) >= 11 is 5.75. The Balaban J connectivity index is 1.77. The van der Waals surface area contributed by atoms with Gasteiger partial charge in [0.2, 0.25) is 0 Å². The summed E-state index contributed by atoms with van der Waals surface area (Å²) in [6.45, 7) is 4.85. The Labute approximate surface area is 206 Å². The van der Waals surface area contributed by atoms with Crippen LogP contribution in [0.2, 0.25) is 0 Å². The zero-order chi connectivity index (χ0) is 23.9. The van der Waals surface area contributed by atoms with Crippen molar-refractivity contribution in [3.63, 3.8) is 0 Å². The van der Waals surface area contributed by atoms with E-state index in [0.29, 0.717) is 43.6 Å². The number of ether oxygens (including phenoxy) is 2. The van der Waals surface area contributed by atoms with Gasteiger partial charge in [-0.25, -0.2) is 0 Å². The van der Waals surface area contributed by atoms with Crippen LogP contribution >= 0.6 is 12.2 Å². The fourth-order valence-corrected chi connectivity index (χ4v) is 4.72. The molecule has 0 saturated carbocycles. The van der Waals surface area contributed by atoms with E-state index in [-0.39, 0.29) is 18.1 Å². The summed E-state index contributed by atoms with van der Waals surface area (Å²) in [5.74, 6) is 0.736. The molecular formula is C26H32N4O3S. The second-order valence-corrected chi connectivity index (χ2v) is 8.59. The summed E-state index contributed by atoms with van der Waals surface area (Å²) in [5, 5.41) is 7.64. The number of rotatable bonds is 10. The molecular weight excluding hydrogens is 448 g/mol. The highest BCUT2D eigenvalue weighted by molar-refractivity contribution is 7.80. The Morgan fingerprint density at radius 1 is 0.941 bits per heavy atom. The van der Waals surface area contributed by atoms with Gasteiger partial charge in [-0.2, -0.15) is 0 Å². The van der Waals surface area contributed by atoms with Crippen molar-refractivity contribution in [1.29, 1.82) is 0 Å². The summed E-state index contributed by atoms with van der Waals surface area (Å²) < 4.78 is 10.9. The Kier molecular flexibility index (Phi) is 8.16. The lowest BCUT2D eigenvalue weighted by Crippen LogP contribution is -2.59. The molecule has 0 aromatic heterocycles. The van der Waals surface area contributed by atoms with Crippen LogP contribution in [0.15, 0.2) is 72.1 Å². The van der Waals surface area contributed by atoms with Crippen LogP contribution in [0.1, 0.15) is 36.7 Å². The van der Waals surface area contributed by atoms with Gasteiger partial charge in [-0.1, -0.05) is 60.7 Å². The fourth-order valence-electron chi connectivity index (χ4n) is 4.42. The number of nitrogens with one attached hydrogen (secondary N) is 2. The molecule has 34 heavy (non-hydrogen) atoms. The van der Waals surface area contributed by atoms with Crippen LogP contribution in [0, 0.1) is 0 Å². The third-order valence-electron chi connectivity index (χ3n) is 6.06. The van der Waals surface area contributed by atoms with E-state index in [0.717, 1.165) is 23.4 Å². The normalized spacial score (nSPS) is 20.2. The molecule has 2 heterocycles. The first-order chi connectivity index (χ1) is 16.7. The molecule has 2 aliphatic rings. The molecule has 2 aliphatic heterocycles. The van der Waals surface area contributed by atoms with E-state index < -0.39 is 0 Å². The van der Waals surface area contributed by atoms with E-state index in [1.165, 1.54) is 0 Å². The molecule has 8 heteroatoms. The number of carbonyl (C=O) groups excluding carboxylic acids is 1. The van der Waals surface area contributed by atoms with Crippen LogP contribution in [0.25, 0.3) is 0 Å². The van der Waals surface area contributed by atoms with Crippen LogP contribution in [-0.4, -0.2) is 60.8 Å². The summed E-state index contributed by atoms with van der Waals surface area (Å²) in [5.41, 5.74) is 2.68.